The van der Waals surface area contributed by atoms with Crippen LogP contribution in [-0.2, 0) is 23.6 Å². The van der Waals surface area contributed by atoms with E-state index in [2.05, 4.69) is 48.7 Å². The summed E-state index contributed by atoms with van der Waals surface area (Å²) >= 11 is 0. The Balaban J connectivity index is 0.000000396. The van der Waals surface area contributed by atoms with Crippen molar-refractivity contribution in [2.45, 2.75) is 18.9 Å². The van der Waals surface area contributed by atoms with Crippen molar-refractivity contribution in [3.8, 4) is 0 Å². The van der Waals surface area contributed by atoms with Crippen molar-refractivity contribution in [2.75, 3.05) is 20.6 Å². The van der Waals surface area contributed by atoms with Gasteiger partial charge in [-0.05, 0) is 14.1 Å². The van der Waals surface area contributed by atoms with Gasteiger partial charge in [0.15, 0.2) is 10.1 Å². The molecule has 0 saturated carbocycles. The lowest BCUT2D eigenvalue weighted by molar-refractivity contribution is -0.683. The maximum atomic E-state index is 10.7. The van der Waals surface area contributed by atoms with Crippen LogP contribution in [0.4, 0.5) is 13.2 Å². The zero-order chi connectivity index (χ0) is 16.1. The van der Waals surface area contributed by atoms with Crippen molar-refractivity contribution in [2.24, 2.45) is 7.05 Å². The van der Waals surface area contributed by atoms with E-state index >= 15 is 0 Å². The molecule has 118 valence electrons. The number of halogens is 3. The lowest BCUT2D eigenvalue weighted by atomic mass is 10.3. The number of alkyl halides is 3. The first-order chi connectivity index (χ1) is 8.86. The summed E-state index contributed by atoms with van der Waals surface area (Å²) in [6.45, 7) is 3.18. The normalized spacial score (nSPS) is 12.2. The van der Waals surface area contributed by atoms with Gasteiger partial charge in [0.05, 0.1) is 7.05 Å². The van der Waals surface area contributed by atoms with Crippen LogP contribution in [0.25, 0.3) is 0 Å². The molecule has 0 atom stereocenters. The molecule has 6 nitrogen and oxygen atoms in total. The number of aryl methyl sites for hydroxylation is 1. The molecule has 0 aliphatic rings. The van der Waals surface area contributed by atoms with Crippen molar-refractivity contribution in [1.82, 2.24) is 9.88 Å². The molecule has 1 heterocycles. The maximum absolute atomic E-state index is 10.7. The molecule has 0 aliphatic heterocycles. The predicted octanol–water partition coefficient (Wildman–Crippen LogP) is 0.303. The number of hydrogen-bond donors (Lipinski definition) is 1. The van der Waals surface area contributed by atoms with Gasteiger partial charge in [0.2, 0.25) is 0 Å². The zero-order valence-electron chi connectivity index (χ0n) is 11.7. The summed E-state index contributed by atoms with van der Waals surface area (Å²) in [5.74, 6) is 1.21. The molecule has 1 N–H and O–H groups in total. The van der Waals surface area contributed by atoms with Gasteiger partial charge in [-0.1, -0.05) is 0 Å². The molecule has 0 aromatic carbocycles. The summed E-state index contributed by atoms with van der Waals surface area (Å²) in [4.78, 5) is 5.40. The fourth-order valence-electron chi connectivity index (χ4n) is 1.17. The number of rotatable bonds is 3. The predicted molar refractivity (Wildman–Crippen MR) is 64.7 cm³/mol. The van der Waals surface area contributed by atoms with Gasteiger partial charge in [0.25, 0.3) is 5.82 Å². The number of hydrogen-bond acceptors (Lipinski definition) is 4. The first-order valence-electron chi connectivity index (χ1n) is 5.56. The highest BCUT2D eigenvalue weighted by molar-refractivity contribution is 7.86. The molecule has 0 unspecified atom stereocenters. The van der Waals surface area contributed by atoms with E-state index in [4.69, 9.17) is 13.0 Å². The molecule has 0 amide bonds. The summed E-state index contributed by atoms with van der Waals surface area (Å²) in [6.07, 6.45) is 3.19. The van der Waals surface area contributed by atoms with Gasteiger partial charge >= 0.3 is 5.51 Å². The molecule has 0 bridgehead atoms. The van der Waals surface area contributed by atoms with Crippen molar-refractivity contribution >= 4 is 10.1 Å². The molecule has 20 heavy (non-hydrogen) atoms. The molecule has 0 saturated heterocycles. The van der Waals surface area contributed by atoms with E-state index in [1.807, 2.05) is 0 Å². The quantitative estimate of drug-likeness (QED) is 0.494. The molecule has 1 aromatic heterocycles. The number of nitrogens with one attached hydrogen (secondary N) is 1. The van der Waals surface area contributed by atoms with E-state index in [-0.39, 0.29) is 0 Å². The van der Waals surface area contributed by atoms with Crippen LogP contribution in [0.15, 0.2) is 6.20 Å². The highest BCUT2D eigenvalue weighted by atomic mass is 32.2. The molecule has 0 fully saturated rings. The molecule has 1 rings (SSSR count). The summed E-state index contributed by atoms with van der Waals surface area (Å²) in [7, 11) is 0.197. The Hall–Kier alpha value is -1.13. The van der Waals surface area contributed by atoms with E-state index in [1.165, 1.54) is 11.5 Å². The lowest BCUT2D eigenvalue weighted by Gasteiger charge is -2.08. The minimum Gasteiger partial charge on any atom is -0.741 e. The average Bonchev–Trinajstić information content (AvgIpc) is 2.55. The summed E-state index contributed by atoms with van der Waals surface area (Å²) < 4.78 is 61.1. The molecular formula is C10H18F3N3O3S. The van der Waals surface area contributed by atoms with Gasteiger partial charge in [-0.25, -0.2) is 18.0 Å². The van der Waals surface area contributed by atoms with E-state index in [0.717, 1.165) is 13.0 Å². The molecule has 1 aromatic rings. The molecule has 0 aliphatic carbocycles. The minimum atomic E-state index is -6.09. The highest BCUT2D eigenvalue weighted by Crippen LogP contribution is 2.20. The first-order valence-corrected chi connectivity index (χ1v) is 6.97. The number of aromatic nitrogens is 2. The Bertz CT molecular complexity index is 524. The first kappa shape index (κ1) is 18.9. The summed E-state index contributed by atoms with van der Waals surface area (Å²) in [6, 6.07) is 0. The van der Waals surface area contributed by atoms with E-state index in [0.29, 0.717) is 0 Å². The average molecular weight is 317 g/mol. The van der Waals surface area contributed by atoms with Crippen molar-refractivity contribution < 1.29 is 30.7 Å². The van der Waals surface area contributed by atoms with E-state index in [9.17, 15) is 13.2 Å². The highest BCUT2D eigenvalue weighted by Gasteiger charge is 2.36. The van der Waals surface area contributed by atoms with Crippen molar-refractivity contribution in [3.05, 3.63) is 17.7 Å². The summed E-state index contributed by atoms with van der Waals surface area (Å²) in [5.41, 5.74) is -4.28. The van der Waals surface area contributed by atoms with Crippen LogP contribution in [0.5, 0.6) is 0 Å². The van der Waals surface area contributed by atoms with Crippen LogP contribution in [0.2, 0.25) is 0 Å². The largest absolute Gasteiger partial charge is 0.741 e. The van der Waals surface area contributed by atoms with Gasteiger partial charge in [0.1, 0.15) is 11.9 Å². The number of likely N-dealkylation sites (N-methyl/N-ethyl adjacent to an activating group) is 1. The Morgan fingerprint density at radius 2 is 1.85 bits per heavy atom. The minimum absolute atomic E-state index is 1.10. The van der Waals surface area contributed by atoms with Crippen LogP contribution < -0.4 is 4.57 Å². The molecule has 10 heteroatoms. The summed E-state index contributed by atoms with van der Waals surface area (Å²) in [5, 5.41) is 0. The fourth-order valence-corrected chi connectivity index (χ4v) is 1.17. The zero-order valence-corrected chi connectivity index (χ0v) is 12.5. The Morgan fingerprint density at radius 1 is 1.40 bits per heavy atom. The van der Waals surface area contributed by atoms with Gasteiger partial charge in [-0.15, -0.1) is 0 Å². The molecular weight excluding hydrogens is 299 g/mol. The van der Waals surface area contributed by atoms with Crippen LogP contribution in [0, 0.1) is 6.92 Å². The second kappa shape index (κ2) is 7.04. The number of nitrogens with zero attached hydrogens (tertiary/aromatic N) is 2. The standard InChI is InChI=1S/C9H17N3.CHF3O3S/c1-8-10-7-9(12(8)4)5-6-11(2)3;2-1(3,4)8(5,6)7/h7H,5-6H2,1-4H3;(H,5,6,7). The number of imidazole rings is 1. The Kier molecular flexibility index (Phi) is 6.65. The van der Waals surface area contributed by atoms with Crippen molar-refractivity contribution in [3.63, 3.8) is 0 Å². The van der Waals surface area contributed by atoms with E-state index in [1.54, 1.807) is 0 Å². The number of aromatic amines is 1. The molecule has 0 spiro atoms. The van der Waals surface area contributed by atoms with Gasteiger partial charge in [-0.2, -0.15) is 13.2 Å². The van der Waals surface area contributed by atoms with Gasteiger partial charge < -0.3 is 9.45 Å². The second-order valence-corrected chi connectivity index (χ2v) is 5.75. The van der Waals surface area contributed by atoms with Crippen molar-refractivity contribution in [1.29, 1.82) is 0 Å². The third kappa shape index (κ3) is 6.35. The smallest absolute Gasteiger partial charge is 0.485 e. The van der Waals surface area contributed by atoms with Crippen LogP contribution in [0.1, 0.15) is 11.5 Å². The number of H-pyrrole nitrogens is 1. The third-order valence-corrected chi connectivity index (χ3v) is 3.05. The topological polar surface area (TPSA) is 80.1 Å². The Labute approximate surface area is 116 Å². The van der Waals surface area contributed by atoms with Crippen LogP contribution in [0.3, 0.4) is 0 Å². The third-order valence-electron chi connectivity index (χ3n) is 2.48. The SMILES string of the molecule is Cc1[nH]cc(CCN(C)C)[n+]1C.O=S(=O)([O-])C(F)(F)F. The van der Waals surface area contributed by atoms with Gasteiger partial charge in [0, 0.05) is 19.9 Å². The fraction of sp³-hybridized carbons (Fsp3) is 0.700. The lowest BCUT2D eigenvalue weighted by Crippen LogP contribution is -2.35. The van der Waals surface area contributed by atoms with Gasteiger partial charge in [-0.3, -0.25) is 0 Å². The maximum Gasteiger partial charge on any atom is 0.485 e. The van der Waals surface area contributed by atoms with E-state index < -0.39 is 15.6 Å². The monoisotopic (exact) mass is 317 g/mol. The van der Waals surface area contributed by atoms with Crippen LogP contribution >= 0.6 is 0 Å². The molecule has 0 radical (unpaired) electrons. The second-order valence-electron chi connectivity index (χ2n) is 4.38. The Morgan fingerprint density at radius 3 is 2.10 bits per heavy atom. The van der Waals surface area contributed by atoms with Crippen LogP contribution in [-0.4, -0.2) is 49.0 Å².